The van der Waals surface area contributed by atoms with Crippen LogP contribution in [-0.4, -0.2) is 20.9 Å². The van der Waals surface area contributed by atoms with Crippen LogP contribution in [0.3, 0.4) is 0 Å². The lowest BCUT2D eigenvalue weighted by atomic mass is 10.0. The lowest BCUT2D eigenvalue weighted by molar-refractivity contribution is -0.136. The normalized spacial score (nSPS) is 10.9. The van der Waals surface area contributed by atoms with Crippen LogP contribution >= 0.6 is 11.6 Å². The number of nitrogens with zero attached hydrogens (tertiary/aromatic N) is 2. The summed E-state index contributed by atoms with van der Waals surface area (Å²) < 4.78 is 1.84. The summed E-state index contributed by atoms with van der Waals surface area (Å²) >= 11 is 6.17. The molecule has 5 heteroatoms. The van der Waals surface area contributed by atoms with E-state index in [1.807, 2.05) is 24.7 Å². The third-order valence-corrected chi connectivity index (χ3v) is 3.16. The molecule has 0 aliphatic heterocycles. The van der Waals surface area contributed by atoms with E-state index in [1.165, 1.54) is 0 Å². The van der Waals surface area contributed by atoms with Crippen molar-refractivity contribution in [3.63, 3.8) is 0 Å². The van der Waals surface area contributed by atoms with Crippen molar-refractivity contribution in [3.8, 4) is 11.1 Å². The van der Waals surface area contributed by atoms with Gasteiger partial charge in [-0.1, -0.05) is 17.7 Å². The van der Waals surface area contributed by atoms with E-state index in [0.717, 1.165) is 16.7 Å². The maximum atomic E-state index is 10.7. The van der Waals surface area contributed by atoms with Gasteiger partial charge in [-0.05, 0) is 31.5 Å². The highest BCUT2D eigenvalue weighted by molar-refractivity contribution is 6.33. The van der Waals surface area contributed by atoms with E-state index in [1.54, 1.807) is 24.4 Å². The number of carboxylic acid groups (broad SMARTS) is 1. The first-order valence-corrected chi connectivity index (χ1v) is 6.40. The van der Waals surface area contributed by atoms with E-state index in [9.17, 15) is 4.79 Å². The van der Waals surface area contributed by atoms with Gasteiger partial charge >= 0.3 is 5.97 Å². The van der Waals surface area contributed by atoms with Gasteiger partial charge in [-0.3, -0.25) is 9.48 Å². The molecule has 0 aliphatic rings. The van der Waals surface area contributed by atoms with E-state index in [2.05, 4.69) is 5.10 Å². The Morgan fingerprint density at radius 2 is 2.21 bits per heavy atom. The fourth-order valence-corrected chi connectivity index (χ4v) is 2.06. The van der Waals surface area contributed by atoms with Gasteiger partial charge in [0.2, 0.25) is 0 Å². The molecule has 0 bridgehead atoms. The summed E-state index contributed by atoms with van der Waals surface area (Å²) in [5, 5.41) is 13.7. The summed E-state index contributed by atoms with van der Waals surface area (Å²) in [6.07, 6.45) is 3.64. The minimum Gasteiger partial charge on any atom is -0.481 e. The van der Waals surface area contributed by atoms with Gasteiger partial charge in [-0.2, -0.15) is 5.10 Å². The van der Waals surface area contributed by atoms with E-state index < -0.39 is 5.97 Å². The Bertz CT molecular complexity index is 605. The third kappa shape index (κ3) is 3.15. The average molecular weight is 279 g/mol. The summed E-state index contributed by atoms with van der Waals surface area (Å²) in [6.45, 7) is 4.08. The number of aliphatic carboxylic acids is 1. The molecule has 4 nitrogen and oxygen atoms in total. The number of hydrogen-bond acceptors (Lipinski definition) is 2. The molecule has 0 spiro atoms. The van der Waals surface area contributed by atoms with E-state index >= 15 is 0 Å². The Hall–Kier alpha value is -1.81. The van der Waals surface area contributed by atoms with Crippen LogP contribution in [0, 0.1) is 0 Å². The summed E-state index contributed by atoms with van der Waals surface area (Å²) in [6, 6.07) is 5.53. The average Bonchev–Trinajstić information content (AvgIpc) is 2.80. The molecule has 2 rings (SSSR count). The Kier molecular flexibility index (Phi) is 3.90. The number of hydrogen-bond donors (Lipinski definition) is 1. The van der Waals surface area contributed by atoms with Crippen LogP contribution in [0.2, 0.25) is 5.02 Å². The molecule has 2 aromatic rings. The van der Waals surface area contributed by atoms with Crippen molar-refractivity contribution in [3.05, 3.63) is 41.2 Å². The van der Waals surface area contributed by atoms with Crippen LogP contribution in [0.15, 0.2) is 30.6 Å². The van der Waals surface area contributed by atoms with Crippen molar-refractivity contribution < 1.29 is 9.90 Å². The van der Waals surface area contributed by atoms with Crippen LogP contribution < -0.4 is 0 Å². The Morgan fingerprint density at radius 3 is 2.79 bits per heavy atom. The van der Waals surface area contributed by atoms with E-state index in [0.29, 0.717) is 5.02 Å². The highest BCUT2D eigenvalue weighted by atomic mass is 35.5. The van der Waals surface area contributed by atoms with Crippen molar-refractivity contribution >= 4 is 17.6 Å². The molecule has 0 saturated carbocycles. The number of aromatic nitrogens is 2. The van der Waals surface area contributed by atoms with Crippen molar-refractivity contribution in [2.45, 2.75) is 26.3 Å². The first-order chi connectivity index (χ1) is 8.97. The summed E-state index contributed by atoms with van der Waals surface area (Å²) in [5.41, 5.74) is 2.43. The van der Waals surface area contributed by atoms with Gasteiger partial charge in [0.15, 0.2) is 0 Å². The fourth-order valence-electron chi connectivity index (χ4n) is 1.84. The predicted octanol–water partition coefficient (Wildman–Crippen LogP) is 3.41. The second-order valence-electron chi connectivity index (χ2n) is 4.69. The smallest absolute Gasteiger partial charge is 0.307 e. The summed E-state index contributed by atoms with van der Waals surface area (Å²) in [7, 11) is 0. The molecule has 0 amide bonds. The molecule has 1 aromatic carbocycles. The number of rotatable bonds is 4. The number of carboxylic acids is 1. The first-order valence-electron chi connectivity index (χ1n) is 6.02. The highest BCUT2D eigenvalue weighted by Crippen LogP contribution is 2.29. The van der Waals surface area contributed by atoms with Crippen LogP contribution in [0.5, 0.6) is 0 Å². The highest BCUT2D eigenvalue weighted by Gasteiger charge is 2.10. The molecule has 0 unspecified atom stereocenters. The number of carbonyl (C=O) groups is 1. The maximum Gasteiger partial charge on any atom is 0.307 e. The monoisotopic (exact) mass is 278 g/mol. The quantitative estimate of drug-likeness (QED) is 0.932. The van der Waals surface area contributed by atoms with Crippen molar-refractivity contribution in [1.29, 1.82) is 0 Å². The van der Waals surface area contributed by atoms with Crippen molar-refractivity contribution in [2.24, 2.45) is 0 Å². The minimum absolute atomic E-state index is 0.0114. The SMILES string of the molecule is CC(C)n1cc(-c2cc(CC(=O)O)ccc2Cl)cn1. The van der Waals surface area contributed by atoms with Gasteiger partial charge in [0.05, 0.1) is 12.6 Å². The van der Waals surface area contributed by atoms with Gasteiger partial charge in [-0.25, -0.2) is 0 Å². The van der Waals surface area contributed by atoms with Crippen molar-refractivity contribution in [1.82, 2.24) is 9.78 Å². The van der Waals surface area contributed by atoms with Crippen molar-refractivity contribution in [2.75, 3.05) is 0 Å². The minimum atomic E-state index is -0.855. The lowest BCUT2D eigenvalue weighted by Crippen LogP contribution is -2.00. The molecular weight excluding hydrogens is 264 g/mol. The fraction of sp³-hybridized carbons (Fsp3) is 0.286. The zero-order chi connectivity index (χ0) is 14.0. The van der Waals surface area contributed by atoms with Crippen LogP contribution in [0.4, 0.5) is 0 Å². The van der Waals surface area contributed by atoms with Crippen LogP contribution in [0.1, 0.15) is 25.5 Å². The second kappa shape index (κ2) is 5.45. The van der Waals surface area contributed by atoms with Gasteiger partial charge in [0.25, 0.3) is 0 Å². The molecule has 0 fully saturated rings. The van der Waals surface area contributed by atoms with Gasteiger partial charge < -0.3 is 5.11 Å². The topological polar surface area (TPSA) is 55.1 Å². The van der Waals surface area contributed by atoms with Gasteiger partial charge in [-0.15, -0.1) is 0 Å². The van der Waals surface area contributed by atoms with E-state index in [-0.39, 0.29) is 12.5 Å². The Morgan fingerprint density at radius 1 is 1.47 bits per heavy atom. The number of benzene rings is 1. The third-order valence-electron chi connectivity index (χ3n) is 2.83. The Balaban J connectivity index is 2.39. The molecule has 1 aromatic heterocycles. The molecule has 1 N–H and O–H groups in total. The Labute approximate surface area is 116 Å². The lowest BCUT2D eigenvalue weighted by Gasteiger charge is -2.05. The molecule has 1 heterocycles. The van der Waals surface area contributed by atoms with Crippen LogP contribution in [-0.2, 0) is 11.2 Å². The largest absolute Gasteiger partial charge is 0.481 e. The standard InChI is InChI=1S/C14H15ClN2O2/c1-9(2)17-8-11(7-16-17)12-5-10(6-14(18)19)3-4-13(12)15/h3-5,7-9H,6H2,1-2H3,(H,18,19). The molecule has 0 aliphatic carbocycles. The maximum absolute atomic E-state index is 10.7. The predicted molar refractivity (Wildman–Crippen MR) is 74.4 cm³/mol. The van der Waals surface area contributed by atoms with Gasteiger partial charge in [0, 0.05) is 28.4 Å². The van der Waals surface area contributed by atoms with E-state index in [4.69, 9.17) is 16.7 Å². The zero-order valence-electron chi connectivity index (χ0n) is 10.8. The molecule has 0 saturated heterocycles. The molecule has 100 valence electrons. The first kappa shape index (κ1) is 13.6. The number of halogens is 1. The summed E-state index contributed by atoms with van der Waals surface area (Å²) in [4.78, 5) is 10.7. The summed E-state index contributed by atoms with van der Waals surface area (Å²) in [5.74, 6) is -0.855. The zero-order valence-corrected chi connectivity index (χ0v) is 11.6. The second-order valence-corrected chi connectivity index (χ2v) is 5.09. The van der Waals surface area contributed by atoms with Crippen LogP contribution in [0.25, 0.3) is 11.1 Å². The molecular formula is C14H15ClN2O2. The molecule has 19 heavy (non-hydrogen) atoms. The molecule has 0 atom stereocenters. The van der Waals surface area contributed by atoms with Gasteiger partial charge in [0.1, 0.15) is 0 Å². The molecule has 0 radical (unpaired) electrons.